The molecule has 0 saturated carbocycles. The van der Waals surface area contributed by atoms with E-state index >= 15 is 0 Å². The van der Waals surface area contributed by atoms with Crippen LogP contribution in [-0.4, -0.2) is 44.9 Å². The average molecular weight is 269 g/mol. The zero-order valence-corrected chi connectivity index (χ0v) is 11.3. The first-order valence-corrected chi connectivity index (χ1v) is 7.49. The second-order valence-electron chi connectivity index (χ2n) is 4.52. The molecule has 5 nitrogen and oxygen atoms in total. The van der Waals surface area contributed by atoms with Crippen LogP contribution in [0.15, 0.2) is 29.2 Å². The first-order chi connectivity index (χ1) is 8.55. The van der Waals surface area contributed by atoms with Crippen molar-refractivity contribution in [2.24, 2.45) is 5.73 Å². The van der Waals surface area contributed by atoms with Crippen LogP contribution >= 0.6 is 0 Å². The number of nitrogens with zero attached hydrogens (tertiary/aromatic N) is 1. The third-order valence-corrected chi connectivity index (χ3v) is 5.16. The SMILES string of the molecule is Cc1ccc(S(=O)(=O)N2CCNCC2CN)cc1. The predicted octanol–water partition coefficient (Wildman–Crippen LogP) is -0.0838. The second-order valence-corrected chi connectivity index (χ2v) is 6.41. The summed E-state index contributed by atoms with van der Waals surface area (Å²) in [4.78, 5) is 0.341. The van der Waals surface area contributed by atoms with Gasteiger partial charge in [0.1, 0.15) is 0 Å². The molecule has 0 aromatic heterocycles. The minimum Gasteiger partial charge on any atom is -0.329 e. The Bertz CT molecular complexity index is 499. The lowest BCUT2D eigenvalue weighted by molar-refractivity contribution is 0.272. The van der Waals surface area contributed by atoms with Crippen molar-refractivity contribution in [1.82, 2.24) is 9.62 Å². The Kier molecular flexibility index (Phi) is 4.01. The highest BCUT2D eigenvalue weighted by molar-refractivity contribution is 7.89. The maximum Gasteiger partial charge on any atom is 0.243 e. The number of nitrogens with one attached hydrogen (secondary N) is 1. The van der Waals surface area contributed by atoms with Crippen LogP contribution in [0.5, 0.6) is 0 Å². The number of sulfonamides is 1. The van der Waals surface area contributed by atoms with E-state index in [1.165, 1.54) is 4.31 Å². The molecule has 0 spiro atoms. The summed E-state index contributed by atoms with van der Waals surface area (Å²) in [5.41, 5.74) is 6.69. The molecule has 1 aliphatic heterocycles. The Morgan fingerprint density at radius 3 is 2.67 bits per heavy atom. The van der Waals surface area contributed by atoms with Gasteiger partial charge in [-0.3, -0.25) is 0 Å². The zero-order chi connectivity index (χ0) is 13.2. The summed E-state index contributed by atoms with van der Waals surface area (Å²) in [6.45, 7) is 4.02. The van der Waals surface area contributed by atoms with Crippen LogP contribution in [-0.2, 0) is 10.0 Å². The lowest BCUT2D eigenvalue weighted by Crippen LogP contribution is -2.56. The van der Waals surface area contributed by atoms with Crippen molar-refractivity contribution in [2.75, 3.05) is 26.2 Å². The third-order valence-electron chi connectivity index (χ3n) is 3.20. The molecule has 1 unspecified atom stereocenters. The molecule has 1 heterocycles. The van der Waals surface area contributed by atoms with Gasteiger partial charge in [-0.1, -0.05) is 17.7 Å². The van der Waals surface area contributed by atoms with E-state index in [1.54, 1.807) is 12.1 Å². The molecule has 1 aliphatic rings. The molecular formula is C12H19N3O2S. The molecule has 100 valence electrons. The molecule has 0 aliphatic carbocycles. The molecule has 0 radical (unpaired) electrons. The molecule has 6 heteroatoms. The number of hydrogen-bond acceptors (Lipinski definition) is 4. The Balaban J connectivity index is 2.32. The number of hydrogen-bond donors (Lipinski definition) is 2. The maximum absolute atomic E-state index is 12.5. The monoisotopic (exact) mass is 269 g/mol. The van der Waals surface area contributed by atoms with Gasteiger partial charge in [0.25, 0.3) is 0 Å². The molecule has 0 bridgehead atoms. The third kappa shape index (κ3) is 2.56. The van der Waals surface area contributed by atoms with Gasteiger partial charge < -0.3 is 11.1 Å². The van der Waals surface area contributed by atoms with Crippen molar-refractivity contribution in [3.05, 3.63) is 29.8 Å². The quantitative estimate of drug-likeness (QED) is 0.804. The molecule has 0 amide bonds. The lowest BCUT2D eigenvalue weighted by atomic mass is 10.2. The van der Waals surface area contributed by atoms with Crippen LogP contribution in [0, 0.1) is 6.92 Å². The van der Waals surface area contributed by atoms with E-state index in [9.17, 15) is 8.42 Å². The molecule has 1 atom stereocenters. The summed E-state index contributed by atoms with van der Waals surface area (Å²) in [5.74, 6) is 0. The Morgan fingerprint density at radius 1 is 1.39 bits per heavy atom. The fourth-order valence-electron chi connectivity index (χ4n) is 2.11. The normalized spacial score (nSPS) is 22.0. The summed E-state index contributed by atoms with van der Waals surface area (Å²) in [5, 5.41) is 3.16. The molecule has 2 rings (SSSR count). The minimum atomic E-state index is -3.43. The van der Waals surface area contributed by atoms with Crippen LogP contribution < -0.4 is 11.1 Å². The highest BCUT2D eigenvalue weighted by Crippen LogP contribution is 2.19. The molecule has 1 aromatic rings. The Labute approximate surface area is 108 Å². The molecule has 1 saturated heterocycles. The van der Waals surface area contributed by atoms with E-state index in [2.05, 4.69) is 5.32 Å². The highest BCUT2D eigenvalue weighted by atomic mass is 32.2. The number of piperazine rings is 1. The van der Waals surface area contributed by atoms with Gasteiger partial charge in [-0.05, 0) is 19.1 Å². The topological polar surface area (TPSA) is 75.4 Å². The Hall–Kier alpha value is -0.950. The number of rotatable bonds is 3. The predicted molar refractivity (Wildman–Crippen MR) is 70.8 cm³/mol. The minimum absolute atomic E-state index is 0.162. The summed E-state index contributed by atoms with van der Waals surface area (Å²) in [6.07, 6.45) is 0. The van der Waals surface area contributed by atoms with Gasteiger partial charge >= 0.3 is 0 Å². The summed E-state index contributed by atoms with van der Waals surface area (Å²) < 4.78 is 26.5. The lowest BCUT2D eigenvalue weighted by Gasteiger charge is -2.34. The Morgan fingerprint density at radius 2 is 2.06 bits per heavy atom. The van der Waals surface area contributed by atoms with E-state index in [0.717, 1.165) is 5.56 Å². The van der Waals surface area contributed by atoms with Crippen LogP contribution in [0.4, 0.5) is 0 Å². The molecular weight excluding hydrogens is 250 g/mol. The van der Waals surface area contributed by atoms with Gasteiger partial charge in [0.05, 0.1) is 4.90 Å². The van der Waals surface area contributed by atoms with Crippen molar-refractivity contribution in [1.29, 1.82) is 0 Å². The number of nitrogens with two attached hydrogens (primary N) is 1. The molecule has 1 aromatic carbocycles. The van der Waals surface area contributed by atoms with Gasteiger partial charge in [0, 0.05) is 32.2 Å². The standard InChI is InChI=1S/C12H19N3O2S/c1-10-2-4-12(5-3-10)18(16,17)15-7-6-14-9-11(15)8-13/h2-5,11,14H,6-9,13H2,1H3. The number of aryl methyl sites for hydroxylation is 1. The van der Waals surface area contributed by atoms with Crippen LogP contribution in [0.2, 0.25) is 0 Å². The summed E-state index contributed by atoms with van der Waals surface area (Å²) >= 11 is 0. The first kappa shape index (κ1) is 13.5. The van der Waals surface area contributed by atoms with E-state index in [4.69, 9.17) is 5.73 Å². The largest absolute Gasteiger partial charge is 0.329 e. The highest BCUT2D eigenvalue weighted by Gasteiger charge is 2.32. The molecule has 3 N–H and O–H groups in total. The molecule has 1 fully saturated rings. The van der Waals surface area contributed by atoms with E-state index in [0.29, 0.717) is 31.1 Å². The van der Waals surface area contributed by atoms with Gasteiger partial charge in [0.15, 0.2) is 0 Å². The van der Waals surface area contributed by atoms with Crippen LogP contribution in [0.1, 0.15) is 5.56 Å². The zero-order valence-electron chi connectivity index (χ0n) is 10.5. The van der Waals surface area contributed by atoms with Crippen molar-refractivity contribution < 1.29 is 8.42 Å². The van der Waals surface area contributed by atoms with Crippen LogP contribution in [0.3, 0.4) is 0 Å². The second kappa shape index (κ2) is 5.36. The van der Waals surface area contributed by atoms with Crippen molar-refractivity contribution in [3.8, 4) is 0 Å². The summed E-state index contributed by atoms with van der Waals surface area (Å²) in [6, 6.07) is 6.77. The van der Waals surface area contributed by atoms with Crippen molar-refractivity contribution in [3.63, 3.8) is 0 Å². The van der Waals surface area contributed by atoms with Crippen LogP contribution in [0.25, 0.3) is 0 Å². The average Bonchev–Trinajstić information content (AvgIpc) is 2.39. The fourth-order valence-corrected chi connectivity index (χ4v) is 3.74. The summed E-state index contributed by atoms with van der Waals surface area (Å²) in [7, 11) is -3.43. The van der Waals surface area contributed by atoms with Gasteiger partial charge in [-0.15, -0.1) is 0 Å². The smallest absolute Gasteiger partial charge is 0.243 e. The number of benzene rings is 1. The van der Waals surface area contributed by atoms with Gasteiger partial charge in [-0.2, -0.15) is 4.31 Å². The van der Waals surface area contributed by atoms with Gasteiger partial charge in [0.2, 0.25) is 10.0 Å². The van der Waals surface area contributed by atoms with E-state index < -0.39 is 10.0 Å². The maximum atomic E-state index is 12.5. The van der Waals surface area contributed by atoms with E-state index in [-0.39, 0.29) is 6.04 Å². The van der Waals surface area contributed by atoms with E-state index in [1.807, 2.05) is 19.1 Å². The fraction of sp³-hybridized carbons (Fsp3) is 0.500. The molecule has 18 heavy (non-hydrogen) atoms. The van der Waals surface area contributed by atoms with Crippen molar-refractivity contribution in [2.45, 2.75) is 17.9 Å². The first-order valence-electron chi connectivity index (χ1n) is 6.05. The van der Waals surface area contributed by atoms with Gasteiger partial charge in [-0.25, -0.2) is 8.42 Å². The van der Waals surface area contributed by atoms with Crippen molar-refractivity contribution >= 4 is 10.0 Å².